The van der Waals surface area contributed by atoms with Gasteiger partial charge in [0.1, 0.15) is 0 Å². The maximum absolute atomic E-state index is 9.71. The molecule has 0 aromatic rings. The molecule has 3 N–H and O–H groups in total. The SMILES string of the molecule is CC(O)C1(O)CCC(O)CC1. The van der Waals surface area contributed by atoms with Crippen molar-refractivity contribution in [2.45, 2.75) is 50.4 Å². The lowest BCUT2D eigenvalue weighted by Crippen LogP contribution is -2.44. The maximum Gasteiger partial charge on any atom is 0.0904 e. The van der Waals surface area contributed by atoms with Crippen molar-refractivity contribution in [3.63, 3.8) is 0 Å². The summed E-state index contributed by atoms with van der Waals surface area (Å²) in [6.45, 7) is 1.59. The largest absolute Gasteiger partial charge is 0.393 e. The molecule has 0 radical (unpaired) electrons. The lowest BCUT2D eigenvalue weighted by molar-refractivity contribution is -0.105. The zero-order chi connectivity index (χ0) is 8.48. The Morgan fingerprint density at radius 2 is 1.82 bits per heavy atom. The first-order valence-corrected chi connectivity index (χ1v) is 4.13. The van der Waals surface area contributed by atoms with Gasteiger partial charge in [-0.1, -0.05) is 0 Å². The van der Waals surface area contributed by atoms with Crippen LogP contribution in [0.5, 0.6) is 0 Å². The molecule has 3 heteroatoms. The fraction of sp³-hybridized carbons (Fsp3) is 1.00. The summed E-state index contributed by atoms with van der Waals surface area (Å²) < 4.78 is 0. The Bertz CT molecular complexity index is 125. The Kier molecular flexibility index (Phi) is 2.52. The van der Waals surface area contributed by atoms with E-state index in [1.54, 1.807) is 6.92 Å². The molecule has 1 fully saturated rings. The van der Waals surface area contributed by atoms with Crippen LogP contribution < -0.4 is 0 Å². The Balaban J connectivity index is 2.48. The Morgan fingerprint density at radius 3 is 2.18 bits per heavy atom. The van der Waals surface area contributed by atoms with E-state index in [1.807, 2.05) is 0 Å². The molecule has 66 valence electrons. The lowest BCUT2D eigenvalue weighted by Gasteiger charge is -2.36. The fourth-order valence-electron chi connectivity index (χ4n) is 1.52. The molecule has 1 unspecified atom stereocenters. The summed E-state index contributed by atoms with van der Waals surface area (Å²) in [6.07, 6.45) is 1.24. The van der Waals surface area contributed by atoms with Crippen LogP contribution in [0.25, 0.3) is 0 Å². The molecule has 0 spiro atoms. The topological polar surface area (TPSA) is 60.7 Å². The average Bonchev–Trinajstić information content (AvgIpc) is 1.95. The maximum atomic E-state index is 9.71. The summed E-state index contributed by atoms with van der Waals surface area (Å²) in [5, 5.41) is 28.0. The van der Waals surface area contributed by atoms with Crippen LogP contribution in [0.4, 0.5) is 0 Å². The first kappa shape index (κ1) is 8.97. The predicted molar refractivity (Wildman–Crippen MR) is 41.1 cm³/mol. The van der Waals surface area contributed by atoms with Gasteiger partial charge in [-0.3, -0.25) is 0 Å². The number of hydrogen-bond donors (Lipinski definition) is 3. The molecule has 1 aliphatic rings. The van der Waals surface area contributed by atoms with Gasteiger partial charge in [0.25, 0.3) is 0 Å². The van der Waals surface area contributed by atoms with Gasteiger partial charge in [0.15, 0.2) is 0 Å². The van der Waals surface area contributed by atoms with Crippen molar-refractivity contribution in [1.29, 1.82) is 0 Å². The van der Waals surface area contributed by atoms with Crippen LogP contribution in [-0.4, -0.2) is 33.1 Å². The van der Waals surface area contributed by atoms with Gasteiger partial charge in [-0.2, -0.15) is 0 Å². The minimum absolute atomic E-state index is 0.283. The van der Waals surface area contributed by atoms with Crippen LogP contribution in [0.15, 0.2) is 0 Å². The van der Waals surface area contributed by atoms with Crippen LogP contribution in [-0.2, 0) is 0 Å². The van der Waals surface area contributed by atoms with Gasteiger partial charge in [0.05, 0.1) is 17.8 Å². The van der Waals surface area contributed by atoms with E-state index in [4.69, 9.17) is 5.11 Å². The van der Waals surface area contributed by atoms with Crippen LogP contribution in [0.3, 0.4) is 0 Å². The van der Waals surface area contributed by atoms with Gasteiger partial charge >= 0.3 is 0 Å². The monoisotopic (exact) mass is 160 g/mol. The van der Waals surface area contributed by atoms with E-state index >= 15 is 0 Å². The van der Waals surface area contributed by atoms with Crippen LogP contribution in [0.2, 0.25) is 0 Å². The Morgan fingerprint density at radius 1 is 1.36 bits per heavy atom. The van der Waals surface area contributed by atoms with Crippen molar-refractivity contribution in [1.82, 2.24) is 0 Å². The summed E-state index contributed by atoms with van der Waals surface area (Å²) in [5.74, 6) is 0. The predicted octanol–water partition coefficient (Wildman–Crippen LogP) is 0.0332. The summed E-state index contributed by atoms with van der Waals surface area (Å²) in [6, 6.07) is 0. The Hall–Kier alpha value is -0.120. The number of rotatable bonds is 1. The highest BCUT2D eigenvalue weighted by Gasteiger charge is 2.36. The van der Waals surface area contributed by atoms with Crippen molar-refractivity contribution in [2.24, 2.45) is 0 Å². The summed E-state index contributed by atoms with van der Waals surface area (Å²) >= 11 is 0. The molecule has 3 nitrogen and oxygen atoms in total. The highest BCUT2D eigenvalue weighted by atomic mass is 16.3. The zero-order valence-corrected chi connectivity index (χ0v) is 6.82. The van der Waals surface area contributed by atoms with Crippen LogP contribution in [0.1, 0.15) is 32.6 Å². The second-order valence-electron chi connectivity index (χ2n) is 3.51. The van der Waals surface area contributed by atoms with Crippen LogP contribution >= 0.6 is 0 Å². The van der Waals surface area contributed by atoms with E-state index in [0.717, 1.165) is 0 Å². The third-order valence-corrected chi connectivity index (χ3v) is 2.60. The summed E-state index contributed by atoms with van der Waals surface area (Å²) in [4.78, 5) is 0. The molecule has 0 heterocycles. The van der Waals surface area contributed by atoms with E-state index in [-0.39, 0.29) is 6.10 Å². The molecular weight excluding hydrogens is 144 g/mol. The standard InChI is InChI=1S/C8H16O3/c1-6(9)8(11)4-2-7(10)3-5-8/h6-7,9-11H,2-5H2,1H3. The van der Waals surface area contributed by atoms with Gasteiger partial charge < -0.3 is 15.3 Å². The summed E-state index contributed by atoms with van der Waals surface area (Å²) in [7, 11) is 0. The van der Waals surface area contributed by atoms with Crippen molar-refractivity contribution >= 4 is 0 Å². The normalized spacial score (nSPS) is 42.0. The van der Waals surface area contributed by atoms with E-state index in [9.17, 15) is 10.2 Å². The first-order valence-electron chi connectivity index (χ1n) is 4.13. The number of aliphatic hydroxyl groups excluding tert-OH is 2. The summed E-state index contributed by atoms with van der Waals surface area (Å²) in [5.41, 5.74) is -0.945. The number of aliphatic hydroxyl groups is 3. The van der Waals surface area contributed by atoms with E-state index < -0.39 is 11.7 Å². The molecule has 0 aromatic carbocycles. The van der Waals surface area contributed by atoms with Gasteiger partial charge in [-0.15, -0.1) is 0 Å². The molecule has 0 saturated heterocycles. The van der Waals surface area contributed by atoms with Gasteiger partial charge in [-0.25, -0.2) is 0 Å². The van der Waals surface area contributed by atoms with Crippen LogP contribution in [0, 0.1) is 0 Å². The molecule has 1 aliphatic carbocycles. The van der Waals surface area contributed by atoms with Crippen molar-refractivity contribution in [3.8, 4) is 0 Å². The second-order valence-corrected chi connectivity index (χ2v) is 3.51. The van der Waals surface area contributed by atoms with Gasteiger partial charge in [0, 0.05) is 0 Å². The quantitative estimate of drug-likeness (QED) is 0.507. The lowest BCUT2D eigenvalue weighted by atomic mass is 9.80. The third kappa shape index (κ3) is 1.92. The number of hydrogen-bond acceptors (Lipinski definition) is 3. The van der Waals surface area contributed by atoms with Crippen molar-refractivity contribution < 1.29 is 15.3 Å². The average molecular weight is 160 g/mol. The smallest absolute Gasteiger partial charge is 0.0904 e. The molecule has 1 saturated carbocycles. The van der Waals surface area contributed by atoms with E-state index in [1.165, 1.54) is 0 Å². The van der Waals surface area contributed by atoms with Gasteiger partial charge in [-0.05, 0) is 32.6 Å². The molecule has 0 amide bonds. The molecule has 0 bridgehead atoms. The third-order valence-electron chi connectivity index (χ3n) is 2.60. The van der Waals surface area contributed by atoms with Crippen molar-refractivity contribution in [2.75, 3.05) is 0 Å². The van der Waals surface area contributed by atoms with Gasteiger partial charge in [0.2, 0.25) is 0 Å². The highest BCUT2D eigenvalue weighted by Crippen LogP contribution is 2.30. The molecular formula is C8H16O3. The Labute approximate surface area is 66.7 Å². The molecule has 1 atom stereocenters. The van der Waals surface area contributed by atoms with Crippen molar-refractivity contribution in [3.05, 3.63) is 0 Å². The molecule has 1 rings (SSSR count). The van der Waals surface area contributed by atoms with E-state index in [2.05, 4.69) is 0 Å². The first-order chi connectivity index (χ1) is 5.04. The minimum atomic E-state index is -0.945. The molecule has 11 heavy (non-hydrogen) atoms. The zero-order valence-electron chi connectivity index (χ0n) is 6.82. The minimum Gasteiger partial charge on any atom is -0.393 e. The molecule has 0 aliphatic heterocycles. The molecule has 0 aromatic heterocycles. The second kappa shape index (κ2) is 3.09. The van der Waals surface area contributed by atoms with E-state index in [0.29, 0.717) is 25.7 Å². The fourth-order valence-corrected chi connectivity index (χ4v) is 1.52. The highest BCUT2D eigenvalue weighted by molar-refractivity contribution is 4.89.